The van der Waals surface area contributed by atoms with Gasteiger partial charge in [-0.1, -0.05) is 41.1 Å². The van der Waals surface area contributed by atoms with Crippen molar-refractivity contribution in [3.8, 4) is 0 Å². The van der Waals surface area contributed by atoms with Crippen LogP contribution in [0.15, 0.2) is 52.4 Å². The first-order valence-electron chi connectivity index (χ1n) is 8.34. The molecule has 1 heterocycles. The lowest BCUT2D eigenvalue weighted by Gasteiger charge is -2.08. The van der Waals surface area contributed by atoms with Crippen molar-refractivity contribution in [3.05, 3.63) is 57.9 Å². The van der Waals surface area contributed by atoms with Crippen LogP contribution in [-0.4, -0.2) is 24.1 Å². The SMILES string of the molecule is CC(C)S(=O)(=O)c1ccc(CC(=O)N=c2sc3cccc(Cl)c3n2C)cc1. The fourth-order valence-electron chi connectivity index (χ4n) is 2.65. The van der Waals surface area contributed by atoms with Crippen LogP contribution >= 0.6 is 22.9 Å². The van der Waals surface area contributed by atoms with E-state index in [-0.39, 0.29) is 17.2 Å². The van der Waals surface area contributed by atoms with Gasteiger partial charge in [0, 0.05) is 7.05 Å². The molecule has 8 heteroatoms. The lowest BCUT2D eigenvalue weighted by atomic mass is 10.1. The highest BCUT2D eigenvalue weighted by molar-refractivity contribution is 7.92. The Labute approximate surface area is 166 Å². The van der Waals surface area contributed by atoms with E-state index in [0.29, 0.717) is 15.4 Å². The molecule has 0 aliphatic heterocycles. The number of fused-ring (bicyclic) bond motifs is 1. The fourth-order valence-corrected chi connectivity index (χ4v) is 5.13. The van der Waals surface area contributed by atoms with Crippen LogP contribution < -0.4 is 4.80 Å². The molecule has 0 saturated heterocycles. The standard InChI is InChI=1S/C19H19ClN2O3S2/c1-12(2)27(24,25)14-9-7-13(8-10-14)11-17(23)21-19-22(3)18-15(20)5-4-6-16(18)26-19/h4-10,12H,11H2,1-3H3. The molecule has 0 saturated carbocycles. The van der Waals surface area contributed by atoms with E-state index in [1.807, 2.05) is 19.2 Å². The number of carbonyl (C=O) groups excluding carboxylic acids is 1. The summed E-state index contributed by atoms with van der Waals surface area (Å²) in [4.78, 5) is 17.4. The van der Waals surface area contributed by atoms with Crippen molar-refractivity contribution >= 4 is 48.9 Å². The Kier molecular flexibility index (Phi) is 5.55. The first-order chi connectivity index (χ1) is 12.7. The molecule has 0 aliphatic carbocycles. The van der Waals surface area contributed by atoms with Crippen molar-refractivity contribution in [2.75, 3.05) is 0 Å². The Morgan fingerprint density at radius 3 is 2.44 bits per heavy atom. The van der Waals surface area contributed by atoms with E-state index < -0.39 is 15.1 Å². The second-order valence-electron chi connectivity index (χ2n) is 6.45. The summed E-state index contributed by atoms with van der Waals surface area (Å²) in [6.07, 6.45) is 0.101. The van der Waals surface area contributed by atoms with Gasteiger partial charge in [-0.25, -0.2) is 8.42 Å². The monoisotopic (exact) mass is 422 g/mol. The Morgan fingerprint density at radius 1 is 1.19 bits per heavy atom. The van der Waals surface area contributed by atoms with Crippen LogP contribution in [0.1, 0.15) is 19.4 Å². The summed E-state index contributed by atoms with van der Waals surface area (Å²) in [7, 11) is -1.50. The van der Waals surface area contributed by atoms with Gasteiger partial charge >= 0.3 is 0 Å². The van der Waals surface area contributed by atoms with Crippen molar-refractivity contribution in [1.82, 2.24) is 4.57 Å². The third kappa shape index (κ3) is 4.00. The molecule has 5 nitrogen and oxygen atoms in total. The molecule has 3 rings (SSSR count). The summed E-state index contributed by atoms with van der Waals surface area (Å²) in [5.74, 6) is -0.298. The van der Waals surface area contributed by atoms with Crippen LogP contribution in [0.3, 0.4) is 0 Å². The van der Waals surface area contributed by atoms with E-state index in [1.54, 1.807) is 36.6 Å². The molecule has 0 atom stereocenters. The second-order valence-corrected chi connectivity index (χ2v) is 10.4. The summed E-state index contributed by atoms with van der Waals surface area (Å²) in [5, 5.41) is 0.127. The zero-order valence-electron chi connectivity index (χ0n) is 15.1. The largest absolute Gasteiger partial charge is 0.318 e. The van der Waals surface area contributed by atoms with Crippen LogP contribution in [0.5, 0.6) is 0 Å². The Morgan fingerprint density at radius 2 is 1.85 bits per heavy atom. The smallest absolute Gasteiger partial charge is 0.252 e. The maximum absolute atomic E-state index is 12.4. The third-order valence-corrected chi connectivity index (χ3v) is 7.79. The summed E-state index contributed by atoms with van der Waals surface area (Å²) in [5.41, 5.74) is 1.56. The number of aryl methyl sites for hydroxylation is 1. The van der Waals surface area contributed by atoms with Crippen LogP contribution in [0.2, 0.25) is 5.02 Å². The molecule has 142 valence electrons. The van der Waals surface area contributed by atoms with E-state index in [2.05, 4.69) is 4.99 Å². The van der Waals surface area contributed by atoms with E-state index in [0.717, 1.165) is 10.2 Å². The van der Waals surface area contributed by atoms with Gasteiger partial charge in [0.15, 0.2) is 14.6 Å². The highest BCUT2D eigenvalue weighted by Gasteiger charge is 2.18. The van der Waals surface area contributed by atoms with Gasteiger partial charge in [0.05, 0.1) is 31.8 Å². The average Bonchev–Trinajstić information content (AvgIpc) is 2.92. The number of nitrogens with zero attached hydrogens (tertiary/aromatic N) is 2. The fraction of sp³-hybridized carbons (Fsp3) is 0.263. The number of hydrogen-bond donors (Lipinski definition) is 0. The zero-order valence-corrected chi connectivity index (χ0v) is 17.5. The summed E-state index contributed by atoms with van der Waals surface area (Å²) in [6, 6.07) is 12.0. The van der Waals surface area contributed by atoms with Crippen LogP contribution in [-0.2, 0) is 28.1 Å². The Hall–Kier alpha value is -1.96. The number of para-hydroxylation sites is 1. The normalized spacial score (nSPS) is 12.9. The molecule has 1 amide bonds. The van der Waals surface area contributed by atoms with Gasteiger partial charge in [0.25, 0.3) is 5.91 Å². The lowest BCUT2D eigenvalue weighted by molar-refractivity contribution is -0.117. The van der Waals surface area contributed by atoms with E-state index in [1.165, 1.54) is 23.5 Å². The number of hydrogen-bond acceptors (Lipinski definition) is 4. The summed E-state index contributed by atoms with van der Waals surface area (Å²) < 4.78 is 27.1. The van der Waals surface area contributed by atoms with Gasteiger partial charge in [-0.05, 0) is 43.7 Å². The lowest BCUT2D eigenvalue weighted by Crippen LogP contribution is -2.15. The molecule has 0 N–H and O–H groups in total. The number of benzene rings is 2. The van der Waals surface area contributed by atoms with E-state index >= 15 is 0 Å². The zero-order chi connectivity index (χ0) is 19.8. The Balaban J connectivity index is 1.85. The van der Waals surface area contributed by atoms with Gasteiger partial charge in [0.1, 0.15) is 0 Å². The molecule has 3 aromatic rings. The van der Waals surface area contributed by atoms with Crippen LogP contribution in [0, 0.1) is 0 Å². The van der Waals surface area contributed by atoms with Crippen LogP contribution in [0.4, 0.5) is 0 Å². The van der Waals surface area contributed by atoms with Gasteiger partial charge < -0.3 is 4.57 Å². The molecule has 0 unspecified atom stereocenters. The minimum atomic E-state index is -3.32. The van der Waals surface area contributed by atoms with Gasteiger partial charge in [0.2, 0.25) is 0 Å². The summed E-state index contributed by atoms with van der Waals surface area (Å²) >= 11 is 7.62. The highest BCUT2D eigenvalue weighted by atomic mass is 35.5. The molecular weight excluding hydrogens is 404 g/mol. The highest BCUT2D eigenvalue weighted by Crippen LogP contribution is 2.24. The number of aromatic nitrogens is 1. The number of halogens is 1. The third-order valence-electron chi connectivity index (χ3n) is 4.22. The van der Waals surface area contributed by atoms with E-state index in [9.17, 15) is 13.2 Å². The molecule has 27 heavy (non-hydrogen) atoms. The van der Waals surface area contributed by atoms with E-state index in [4.69, 9.17) is 11.6 Å². The molecule has 1 aromatic heterocycles. The van der Waals surface area contributed by atoms with Crippen molar-refractivity contribution in [2.24, 2.45) is 12.0 Å². The first-order valence-corrected chi connectivity index (χ1v) is 11.1. The number of thiazole rings is 1. The minimum absolute atomic E-state index is 0.101. The Bertz CT molecular complexity index is 1170. The molecule has 2 aromatic carbocycles. The predicted octanol–water partition coefficient (Wildman–Crippen LogP) is 3.75. The first kappa shape index (κ1) is 19.8. The van der Waals surface area contributed by atoms with Gasteiger partial charge in [-0.3, -0.25) is 4.79 Å². The van der Waals surface area contributed by atoms with Crippen molar-refractivity contribution in [2.45, 2.75) is 30.4 Å². The molecule has 0 radical (unpaired) electrons. The predicted molar refractivity (Wildman–Crippen MR) is 109 cm³/mol. The maximum atomic E-state index is 12.4. The van der Waals surface area contributed by atoms with Crippen LogP contribution in [0.25, 0.3) is 10.2 Å². The van der Waals surface area contributed by atoms with Crippen molar-refractivity contribution in [1.29, 1.82) is 0 Å². The molecule has 0 bridgehead atoms. The molecule has 0 spiro atoms. The van der Waals surface area contributed by atoms with Crippen molar-refractivity contribution < 1.29 is 13.2 Å². The summed E-state index contributed by atoms with van der Waals surface area (Å²) in [6.45, 7) is 3.28. The van der Waals surface area contributed by atoms with Crippen molar-refractivity contribution in [3.63, 3.8) is 0 Å². The average molecular weight is 423 g/mol. The number of rotatable bonds is 4. The topological polar surface area (TPSA) is 68.5 Å². The maximum Gasteiger partial charge on any atom is 0.252 e. The molecule has 0 aliphatic rings. The number of sulfone groups is 1. The molecule has 0 fully saturated rings. The minimum Gasteiger partial charge on any atom is -0.318 e. The van der Waals surface area contributed by atoms with Gasteiger partial charge in [-0.2, -0.15) is 4.99 Å². The second kappa shape index (κ2) is 7.58. The quantitative estimate of drug-likeness (QED) is 0.643. The number of carbonyl (C=O) groups is 1. The van der Waals surface area contributed by atoms with Gasteiger partial charge in [-0.15, -0.1) is 0 Å². The number of amides is 1. The molecular formula is C19H19ClN2O3S2.